The molecule has 3 aromatic rings. The van der Waals surface area contributed by atoms with Crippen LogP contribution in [0.2, 0.25) is 0 Å². The van der Waals surface area contributed by atoms with Gasteiger partial charge in [-0.3, -0.25) is 9.10 Å². The highest BCUT2D eigenvalue weighted by Gasteiger charge is 2.27. The van der Waals surface area contributed by atoms with Crippen LogP contribution in [0.1, 0.15) is 30.5 Å². The van der Waals surface area contributed by atoms with Crippen LogP contribution in [-0.4, -0.2) is 20.9 Å². The highest BCUT2D eigenvalue weighted by atomic mass is 127. The van der Waals surface area contributed by atoms with E-state index in [0.29, 0.717) is 12.2 Å². The van der Waals surface area contributed by atoms with Crippen molar-refractivity contribution in [2.75, 3.05) is 10.8 Å². The number of benzene rings is 3. The van der Waals surface area contributed by atoms with Gasteiger partial charge in [0.2, 0.25) is 5.91 Å². The number of nitrogens with zero attached hydrogens (tertiary/aromatic N) is 1. The molecule has 32 heavy (non-hydrogen) atoms. The molecule has 0 spiro atoms. The van der Waals surface area contributed by atoms with Crippen molar-refractivity contribution < 1.29 is 13.2 Å². The van der Waals surface area contributed by atoms with E-state index >= 15 is 0 Å². The van der Waals surface area contributed by atoms with Crippen molar-refractivity contribution in [3.63, 3.8) is 0 Å². The van der Waals surface area contributed by atoms with Crippen LogP contribution in [-0.2, 0) is 34.2 Å². The molecule has 0 heterocycles. The lowest BCUT2D eigenvalue weighted by molar-refractivity contribution is -0.119. The Morgan fingerprint density at radius 2 is 1.59 bits per heavy atom. The molecule has 0 radical (unpaired) electrons. The van der Waals surface area contributed by atoms with Crippen molar-refractivity contribution in [2.45, 2.75) is 38.1 Å². The van der Waals surface area contributed by atoms with Crippen LogP contribution in [0.3, 0.4) is 0 Å². The number of carbonyl (C=O) groups is 1. The van der Waals surface area contributed by atoms with Crippen LogP contribution >= 0.6 is 22.6 Å². The molecule has 0 bridgehead atoms. The summed E-state index contributed by atoms with van der Waals surface area (Å²) in [6, 6.07) is 21.6. The number of hydrogen-bond donors (Lipinski definition) is 1. The Kier molecular flexibility index (Phi) is 8.31. The van der Waals surface area contributed by atoms with Crippen LogP contribution < -0.4 is 9.62 Å². The zero-order chi connectivity index (χ0) is 23.1. The van der Waals surface area contributed by atoms with E-state index in [1.54, 1.807) is 30.3 Å². The minimum absolute atomic E-state index is 0.148. The molecule has 1 N–H and O–H groups in total. The van der Waals surface area contributed by atoms with Crippen molar-refractivity contribution in [2.24, 2.45) is 0 Å². The first-order valence-corrected chi connectivity index (χ1v) is 13.1. The third-order valence-electron chi connectivity index (χ3n) is 5.27. The topological polar surface area (TPSA) is 66.5 Å². The average molecular weight is 562 g/mol. The second kappa shape index (κ2) is 11.0. The number of hydrogen-bond acceptors (Lipinski definition) is 3. The van der Waals surface area contributed by atoms with E-state index in [9.17, 15) is 13.2 Å². The van der Waals surface area contributed by atoms with Crippen molar-refractivity contribution in [3.05, 3.63) is 93.1 Å². The van der Waals surface area contributed by atoms with Crippen LogP contribution in [0.5, 0.6) is 0 Å². The van der Waals surface area contributed by atoms with Gasteiger partial charge in [-0.2, -0.15) is 0 Å². The molecule has 168 valence electrons. The number of rotatable bonds is 9. The lowest BCUT2D eigenvalue weighted by atomic mass is 10.0. The monoisotopic (exact) mass is 562 g/mol. The largest absolute Gasteiger partial charge is 0.350 e. The molecule has 3 rings (SSSR count). The molecule has 7 heteroatoms. The zero-order valence-corrected chi connectivity index (χ0v) is 21.2. The molecule has 3 aromatic carbocycles. The Morgan fingerprint density at radius 1 is 0.906 bits per heavy atom. The Balaban J connectivity index is 1.84. The molecule has 1 amide bonds. The van der Waals surface area contributed by atoms with Gasteiger partial charge in [0.15, 0.2) is 0 Å². The van der Waals surface area contributed by atoms with Gasteiger partial charge in [-0.1, -0.05) is 50.2 Å². The maximum atomic E-state index is 13.4. The lowest BCUT2D eigenvalue weighted by Crippen LogP contribution is -2.40. The molecule has 0 saturated heterocycles. The summed E-state index contributed by atoms with van der Waals surface area (Å²) >= 11 is 2.16. The van der Waals surface area contributed by atoms with Crippen LogP contribution in [0, 0.1) is 3.57 Å². The minimum Gasteiger partial charge on any atom is -0.350 e. The third kappa shape index (κ3) is 5.89. The Morgan fingerprint density at radius 3 is 2.22 bits per heavy atom. The molecule has 0 aliphatic rings. The summed E-state index contributed by atoms with van der Waals surface area (Å²) in [7, 11) is -3.90. The van der Waals surface area contributed by atoms with Gasteiger partial charge in [-0.15, -0.1) is 0 Å². The summed E-state index contributed by atoms with van der Waals surface area (Å²) in [6.07, 6.45) is 1.78. The van der Waals surface area contributed by atoms with E-state index in [1.807, 2.05) is 12.1 Å². The summed E-state index contributed by atoms with van der Waals surface area (Å²) in [4.78, 5) is 13.0. The van der Waals surface area contributed by atoms with Gasteiger partial charge in [0.25, 0.3) is 10.0 Å². The SMILES string of the molecule is CCc1ccc(CC)c(CNC(=O)CN(c2ccc(I)cc2)S(=O)(=O)c2ccccc2)c1. The average Bonchev–Trinajstić information content (AvgIpc) is 2.82. The summed E-state index contributed by atoms with van der Waals surface area (Å²) in [6.45, 7) is 4.24. The molecule has 0 saturated carbocycles. The first-order valence-electron chi connectivity index (χ1n) is 10.6. The lowest BCUT2D eigenvalue weighted by Gasteiger charge is -2.24. The van der Waals surface area contributed by atoms with Gasteiger partial charge in [0, 0.05) is 10.1 Å². The molecule has 0 aliphatic carbocycles. The van der Waals surface area contributed by atoms with Crippen LogP contribution in [0.15, 0.2) is 77.7 Å². The maximum Gasteiger partial charge on any atom is 0.264 e. The molecular formula is C25H27IN2O3S. The Bertz CT molecular complexity index is 1160. The fourth-order valence-corrected chi connectivity index (χ4v) is 5.23. The quantitative estimate of drug-likeness (QED) is 0.377. The van der Waals surface area contributed by atoms with Crippen molar-refractivity contribution >= 4 is 44.2 Å². The van der Waals surface area contributed by atoms with Crippen molar-refractivity contribution in [3.8, 4) is 0 Å². The van der Waals surface area contributed by atoms with Crippen molar-refractivity contribution in [1.29, 1.82) is 0 Å². The minimum atomic E-state index is -3.90. The summed E-state index contributed by atoms with van der Waals surface area (Å²) in [5.74, 6) is -0.355. The standard InChI is InChI=1S/C25H27IN2O3S/c1-3-19-10-11-20(4-2)21(16-19)17-27-25(29)18-28(23-14-12-22(26)13-15-23)32(30,31)24-8-6-5-7-9-24/h5-16H,3-4,17-18H2,1-2H3,(H,27,29). The predicted molar refractivity (Wildman–Crippen MR) is 137 cm³/mol. The van der Waals surface area contributed by atoms with E-state index < -0.39 is 10.0 Å². The fraction of sp³-hybridized carbons (Fsp3) is 0.240. The Labute approximate surface area is 204 Å². The predicted octanol–water partition coefficient (Wildman–Crippen LogP) is 4.93. The fourth-order valence-electron chi connectivity index (χ4n) is 3.43. The molecule has 0 aromatic heterocycles. The van der Waals surface area contributed by atoms with Crippen LogP contribution in [0.4, 0.5) is 5.69 Å². The summed E-state index contributed by atoms with van der Waals surface area (Å²) in [5.41, 5.74) is 3.89. The van der Waals surface area contributed by atoms with E-state index in [1.165, 1.54) is 23.3 Å². The number of anilines is 1. The highest BCUT2D eigenvalue weighted by molar-refractivity contribution is 14.1. The van der Waals surface area contributed by atoms with Crippen molar-refractivity contribution in [1.82, 2.24) is 5.32 Å². The van der Waals surface area contributed by atoms with Gasteiger partial charge in [0.1, 0.15) is 6.54 Å². The molecule has 0 atom stereocenters. The first-order chi connectivity index (χ1) is 15.3. The number of nitrogens with one attached hydrogen (secondary N) is 1. The molecular weight excluding hydrogens is 535 g/mol. The Hall–Kier alpha value is -2.39. The second-order valence-corrected chi connectivity index (χ2v) is 10.5. The van der Waals surface area contributed by atoms with E-state index in [4.69, 9.17) is 0 Å². The smallest absolute Gasteiger partial charge is 0.264 e. The first kappa shape index (κ1) is 24.3. The van der Waals surface area contributed by atoms with Gasteiger partial charge in [-0.25, -0.2) is 8.42 Å². The van der Waals surface area contributed by atoms with Gasteiger partial charge in [0.05, 0.1) is 10.6 Å². The normalized spacial score (nSPS) is 11.2. The van der Waals surface area contributed by atoms with E-state index in [0.717, 1.165) is 26.3 Å². The van der Waals surface area contributed by atoms with Gasteiger partial charge in [-0.05, 0) is 88.5 Å². The molecule has 0 aliphatic heterocycles. The number of sulfonamides is 1. The zero-order valence-electron chi connectivity index (χ0n) is 18.2. The summed E-state index contributed by atoms with van der Waals surface area (Å²) < 4.78 is 28.9. The van der Waals surface area contributed by atoms with Crippen LogP contribution in [0.25, 0.3) is 0 Å². The van der Waals surface area contributed by atoms with E-state index in [-0.39, 0.29) is 17.3 Å². The number of amides is 1. The number of carbonyl (C=O) groups excluding carboxylic acids is 1. The highest BCUT2D eigenvalue weighted by Crippen LogP contribution is 2.24. The number of halogens is 1. The second-order valence-electron chi connectivity index (χ2n) is 7.39. The molecule has 5 nitrogen and oxygen atoms in total. The van der Waals surface area contributed by atoms with Gasteiger partial charge < -0.3 is 5.32 Å². The number of aryl methyl sites for hydroxylation is 2. The summed E-state index contributed by atoms with van der Waals surface area (Å²) in [5, 5.41) is 2.91. The molecule has 0 fully saturated rings. The maximum absolute atomic E-state index is 13.4. The molecule has 0 unspecified atom stereocenters. The third-order valence-corrected chi connectivity index (χ3v) is 7.78. The van der Waals surface area contributed by atoms with Gasteiger partial charge >= 0.3 is 0 Å². The van der Waals surface area contributed by atoms with E-state index in [2.05, 4.69) is 60.0 Å².